The molecule has 0 heterocycles. The number of hydrogen-bond acceptors (Lipinski definition) is 3. The lowest BCUT2D eigenvalue weighted by Crippen LogP contribution is -2.53. The summed E-state index contributed by atoms with van der Waals surface area (Å²) in [6, 6.07) is 20.6. The summed E-state index contributed by atoms with van der Waals surface area (Å²) in [7, 11) is 0. The van der Waals surface area contributed by atoms with Gasteiger partial charge in [-0.25, -0.2) is 0 Å². The van der Waals surface area contributed by atoms with Crippen molar-refractivity contribution in [2.24, 2.45) is 0 Å². The van der Waals surface area contributed by atoms with Gasteiger partial charge in [0.25, 0.3) is 5.91 Å². The second-order valence-electron chi connectivity index (χ2n) is 8.52. The first-order chi connectivity index (χ1) is 17.3. The summed E-state index contributed by atoms with van der Waals surface area (Å²) in [6.07, 6.45) is 1.10. The quantitative estimate of drug-likeness (QED) is 0.295. The summed E-state index contributed by atoms with van der Waals surface area (Å²) < 4.78 is 5.74. The van der Waals surface area contributed by atoms with Gasteiger partial charge in [0.05, 0.1) is 0 Å². The van der Waals surface area contributed by atoms with Crippen LogP contribution in [0.15, 0.2) is 72.8 Å². The third kappa shape index (κ3) is 8.16. The number of carbonyl (C=O) groups is 2. The van der Waals surface area contributed by atoms with Gasteiger partial charge in [-0.1, -0.05) is 78.1 Å². The molecule has 3 rings (SSSR count). The monoisotopic (exact) mass is 546 g/mol. The van der Waals surface area contributed by atoms with Gasteiger partial charge in [-0.3, -0.25) is 9.59 Å². The highest BCUT2D eigenvalue weighted by atomic mass is 35.5. The second-order valence-corrected chi connectivity index (χ2v) is 9.80. The molecule has 1 N–H and O–H groups in total. The molecule has 0 saturated heterocycles. The van der Waals surface area contributed by atoms with E-state index in [0.717, 1.165) is 12.0 Å². The Morgan fingerprint density at radius 3 is 2.25 bits per heavy atom. The largest absolute Gasteiger partial charge is 0.484 e. The van der Waals surface area contributed by atoms with Crippen molar-refractivity contribution in [3.8, 4) is 5.75 Å². The van der Waals surface area contributed by atoms with Crippen LogP contribution in [0, 0.1) is 0 Å². The van der Waals surface area contributed by atoms with Crippen molar-refractivity contribution in [3.63, 3.8) is 0 Å². The first-order valence-electron chi connectivity index (χ1n) is 11.7. The molecule has 0 radical (unpaired) electrons. The molecule has 2 amide bonds. The van der Waals surface area contributed by atoms with Gasteiger partial charge in [0.15, 0.2) is 6.61 Å². The fourth-order valence-corrected chi connectivity index (χ4v) is 4.18. The van der Waals surface area contributed by atoms with Crippen molar-refractivity contribution in [1.29, 1.82) is 0 Å². The van der Waals surface area contributed by atoms with Crippen molar-refractivity contribution >= 4 is 46.6 Å². The van der Waals surface area contributed by atoms with Gasteiger partial charge in [-0.2, -0.15) is 0 Å². The smallest absolute Gasteiger partial charge is 0.261 e. The van der Waals surface area contributed by atoms with Crippen LogP contribution in [0.2, 0.25) is 15.1 Å². The minimum atomic E-state index is -0.783. The SMILES string of the molecule is CC[C@H](C)NC(=O)[C@@H](Cc1ccccc1)N(Cc1ccc(Cl)cc1Cl)C(=O)COc1ccc(Cl)cc1. The molecule has 0 aliphatic heterocycles. The molecule has 0 fully saturated rings. The van der Waals surface area contributed by atoms with Gasteiger partial charge in [0.2, 0.25) is 5.91 Å². The molecule has 0 saturated carbocycles. The van der Waals surface area contributed by atoms with E-state index >= 15 is 0 Å². The van der Waals surface area contributed by atoms with Gasteiger partial charge in [-0.05, 0) is 60.9 Å². The third-order valence-corrected chi connectivity index (χ3v) is 6.64. The van der Waals surface area contributed by atoms with Gasteiger partial charge < -0.3 is 15.0 Å². The molecule has 0 bridgehead atoms. The van der Waals surface area contributed by atoms with Crippen LogP contribution in [0.5, 0.6) is 5.75 Å². The van der Waals surface area contributed by atoms with Gasteiger partial charge >= 0.3 is 0 Å². The fourth-order valence-electron chi connectivity index (χ4n) is 3.59. The Hall–Kier alpha value is -2.73. The number of benzene rings is 3. The van der Waals surface area contributed by atoms with Crippen LogP contribution in [-0.4, -0.2) is 35.4 Å². The maximum Gasteiger partial charge on any atom is 0.261 e. The van der Waals surface area contributed by atoms with E-state index in [-0.39, 0.29) is 31.0 Å². The van der Waals surface area contributed by atoms with Crippen LogP contribution < -0.4 is 10.1 Å². The maximum absolute atomic E-state index is 13.6. The normalized spacial score (nSPS) is 12.5. The topological polar surface area (TPSA) is 58.6 Å². The number of carbonyl (C=O) groups excluding carboxylic acids is 2. The molecule has 0 spiro atoms. The minimum Gasteiger partial charge on any atom is -0.484 e. The summed E-state index contributed by atoms with van der Waals surface area (Å²) in [6.45, 7) is 3.79. The Bertz CT molecular complexity index is 1160. The Morgan fingerprint density at radius 1 is 0.944 bits per heavy atom. The third-order valence-electron chi connectivity index (χ3n) is 5.80. The second kappa shape index (κ2) is 13.5. The number of nitrogens with one attached hydrogen (secondary N) is 1. The molecule has 3 aromatic carbocycles. The number of hydrogen-bond donors (Lipinski definition) is 1. The van der Waals surface area contributed by atoms with Crippen LogP contribution in [0.4, 0.5) is 0 Å². The lowest BCUT2D eigenvalue weighted by Gasteiger charge is -2.32. The Kier molecular flexibility index (Phi) is 10.5. The molecule has 0 unspecified atom stereocenters. The first-order valence-corrected chi connectivity index (χ1v) is 12.9. The van der Waals surface area contributed by atoms with E-state index in [1.807, 2.05) is 44.2 Å². The molecule has 36 heavy (non-hydrogen) atoms. The molecule has 3 aromatic rings. The lowest BCUT2D eigenvalue weighted by molar-refractivity contribution is -0.143. The van der Waals surface area contributed by atoms with Gasteiger partial charge in [-0.15, -0.1) is 0 Å². The summed E-state index contributed by atoms with van der Waals surface area (Å²) in [5, 5.41) is 4.50. The molecule has 8 heteroatoms. The first kappa shape index (κ1) is 27.9. The van der Waals surface area contributed by atoms with E-state index in [2.05, 4.69) is 5.32 Å². The highest BCUT2D eigenvalue weighted by Gasteiger charge is 2.31. The van der Waals surface area contributed by atoms with Crippen LogP contribution in [0.3, 0.4) is 0 Å². The van der Waals surface area contributed by atoms with E-state index in [9.17, 15) is 9.59 Å². The zero-order chi connectivity index (χ0) is 26.1. The van der Waals surface area contributed by atoms with Crippen LogP contribution in [0.25, 0.3) is 0 Å². The predicted molar refractivity (Wildman–Crippen MR) is 146 cm³/mol. The summed E-state index contributed by atoms with van der Waals surface area (Å²) in [4.78, 5) is 28.6. The average molecular weight is 548 g/mol. The van der Waals surface area contributed by atoms with Crippen molar-refractivity contribution < 1.29 is 14.3 Å². The number of amides is 2. The Labute approximate surface area is 227 Å². The van der Waals surface area contributed by atoms with Crippen molar-refractivity contribution in [3.05, 3.63) is 99.0 Å². The van der Waals surface area contributed by atoms with Crippen LogP contribution in [0.1, 0.15) is 31.4 Å². The standard InChI is InChI=1S/C28H29Cl3N2O3/c1-3-19(2)32-28(35)26(15-20-7-5-4-6-8-20)33(17-21-9-10-23(30)16-25(21)31)27(34)18-36-24-13-11-22(29)12-14-24/h4-14,16,19,26H,3,15,17-18H2,1-2H3,(H,32,35)/t19-,26+/m0/s1. The highest BCUT2D eigenvalue weighted by Crippen LogP contribution is 2.24. The summed E-state index contributed by atoms with van der Waals surface area (Å²) in [5.41, 5.74) is 1.61. The summed E-state index contributed by atoms with van der Waals surface area (Å²) >= 11 is 18.5. The Balaban J connectivity index is 1.93. The van der Waals surface area contributed by atoms with Crippen molar-refractivity contribution in [1.82, 2.24) is 10.2 Å². The predicted octanol–water partition coefficient (Wildman–Crippen LogP) is 6.58. The number of ether oxygens (including phenoxy) is 1. The molecule has 5 nitrogen and oxygen atoms in total. The number of halogens is 3. The summed E-state index contributed by atoms with van der Waals surface area (Å²) in [5.74, 6) is -0.0878. The molecule has 2 atom stereocenters. The zero-order valence-corrected chi connectivity index (χ0v) is 22.5. The van der Waals surface area contributed by atoms with E-state index in [4.69, 9.17) is 39.5 Å². The average Bonchev–Trinajstić information content (AvgIpc) is 2.87. The van der Waals surface area contributed by atoms with E-state index in [1.54, 1.807) is 42.5 Å². The highest BCUT2D eigenvalue weighted by molar-refractivity contribution is 6.35. The van der Waals surface area contributed by atoms with Crippen molar-refractivity contribution in [2.75, 3.05) is 6.61 Å². The molecule has 0 aromatic heterocycles. The molecule has 0 aliphatic carbocycles. The van der Waals surface area contributed by atoms with E-state index in [1.165, 1.54) is 4.90 Å². The van der Waals surface area contributed by atoms with Crippen molar-refractivity contribution in [2.45, 2.75) is 45.3 Å². The minimum absolute atomic E-state index is 0.0443. The molecular weight excluding hydrogens is 519 g/mol. The van der Waals surface area contributed by atoms with Crippen LogP contribution in [-0.2, 0) is 22.6 Å². The van der Waals surface area contributed by atoms with Gasteiger partial charge in [0.1, 0.15) is 11.8 Å². The lowest BCUT2D eigenvalue weighted by atomic mass is 10.0. The Morgan fingerprint density at radius 2 is 1.61 bits per heavy atom. The van der Waals surface area contributed by atoms with Crippen LogP contribution >= 0.6 is 34.8 Å². The van der Waals surface area contributed by atoms with E-state index < -0.39 is 6.04 Å². The zero-order valence-electron chi connectivity index (χ0n) is 20.2. The van der Waals surface area contributed by atoms with E-state index in [0.29, 0.717) is 32.8 Å². The number of nitrogens with zero attached hydrogens (tertiary/aromatic N) is 1. The fraction of sp³-hybridized carbons (Fsp3) is 0.286. The number of rotatable bonds is 11. The van der Waals surface area contributed by atoms with Gasteiger partial charge in [0, 0.05) is 34.1 Å². The molecular formula is C28H29Cl3N2O3. The molecule has 0 aliphatic rings. The molecule has 190 valence electrons. The maximum atomic E-state index is 13.6.